The molecular weight excluding hydrogens is 401 g/mol. The Morgan fingerprint density at radius 1 is 1.29 bits per heavy atom. The van der Waals surface area contributed by atoms with Gasteiger partial charge in [0.25, 0.3) is 5.91 Å². The van der Waals surface area contributed by atoms with E-state index in [-0.39, 0.29) is 5.82 Å². The van der Waals surface area contributed by atoms with Crippen LogP contribution < -0.4 is 10.1 Å². The van der Waals surface area contributed by atoms with Gasteiger partial charge in [-0.1, -0.05) is 29.8 Å². The van der Waals surface area contributed by atoms with Gasteiger partial charge in [0.15, 0.2) is 12.4 Å². The molecule has 148 valence electrons. The molecule has 1 aromatic carbocycles. The van der Waals surface area contributed by atoms with E-state index >= 15 is 0 Å². The average Bonchev–Trinajstić information content (AvgIpc) is 2.65. The quantitative estimate of drug-likeness (QED) is 0.572. The standard InChI is InChI=1S/C18H14ClF3N2O4/c1-27-14-5-3-2-4-11(14)6-7-16(26)28-10-15(25)24-17-13(19)8-12(9-23-17)18(20,21)22/h2-9H,10H2,1H3,(H,23,24,25)/b7-6+. The van der Waals surface area contributed by atoms with Gasteiger partial charge in [-0.05, 0) is 18.2 Å². The molecule has 2 aromatic rings. The Morgan fingerprint density at radius 2 is 2.00 bits per heavy atom. The number of nitrogens with one attached hydrogen (secondary N) is 1. The fourth-order valence-electron chi connectivity index (χ4n) is 2.00. The Bertz CT molecular complexity index is 901. The van der Waals surface area contributed by atoms with Gasteiger partial charge < -0.3 is 14.8 Å². The van der Waals surface area contributed by atoms with Crippen molar-refractivity contribution in [3.63, 3.8) is 0 Å². The maximum absolute atomic E-state index is 12.6. The maximum atomic E-state index is 12.6. The van der Waals surface area contributed by atoms with Gasteiger partial charge in [-0.15, -0.1) is 0 Å². The zero-order chi connectivity index (χ0) is 20.7. The van der Waals surface area contributed by atoms with Gasteiger partial charge in [-0.2, -0.15) is 13.2 Å². The van der Waals surface area contributed by atoms with E-state index in [1.807, 2.05) is 0 Å². The number of alkyl halides is 3. The van der Waals surface area contributed by atoms with E-state index < -0.39 is 35.2 Å². The van der Waals surface area contributed by atoms with Gasteiger partial charge in [-0.25, -0.2) is 9.78 Å². The summed E-state index contributed by atoms with van der Waals surface area (Å²) in [5, 5.41) is 1.77. The number of esters is 1. The molecule has 2 rings (SSSR count). The molecule has 0 aliphatic rings. The number of anilines is 1. The van der Waals surface area contributed by atoms with E-state index in [0.29, 0.717) is 23.6 Å². The first-order chi connectivity index (χ1) is 13.2. The summed E-state index contributed by atoms with van der Waals surface area (Å²) < 4.78 is 47.6. The Kier molecular flexibility index (Phi) is 7.00. The Balaban J connectivity index is 1.90. The normalized spacial score (nSPS) is 11.3. The molecule has 1 amide bonds. The van der Waals surface area contributed by atoms with Crippen LogP contribution in [0.4, 0.5) is 19.0 Å². The summed E-state index contributed by atoms with van der Waals surface area (Å²) in [6.45, 7) is -0.672. The number of methoxy groups -OCH3 is 1. The smallest absolute Gasteiger partial charge is 0.417 e. The van der Waals surface area contributed by atoms with Crippen LogP contribution in [0.15, 0.2) is 42.6 Å². The predicted molar refractivity (Wildman–Crippen MR) is 95.9 cm³/mol. The molecule has 6 nitrogen and oxygen atoms in total. The van der Waals surface area contributed by atoms with Crippen molar-refractivity contribution in [1.29, 1.82) is 0 Å². The molecule has 0 unspecified atom stereocenters. The van der Waals surface area contributed by atoms with Gasteiger partial charge >= 0.3 is 12.1 Å². The molecule has 0 spiro atoms. The van der Waals surface area contributed by atoms with Gasteiger partial charge in [0, 0.05) is 17.8 Å². The molecule has 0 aliphatic carbocycles. The molecule has 1 N–H and O–H groups in total. The highest BCUT2D eigenvalue weighted by Crippen LogP contribution is 2.32. The second kappa shape index (κ2) is 9.23. The minimum absolute atomic E-state index is 0.278. The van der Waals surface area contributed by atoms with E-state index in [4.69, 9.17) is 21.1 Å². The van der Waals surface area contributed by atoms with Crippen molar-refractivity contribution in [2.45, 2.75) is 6.18 Å². The monoisotopic (exact) mass is 414 g/mol. The summed E-state index contributed by atoms with van der Waals surface area (Å²) in [7, 11) is 1.48. The van der Waals surface area contributed by atoms with Gasteiger partial charge in [0.1, 0.15) is 5.75 Å². The number of benzene rings is 1. The van der Waals surface area contributed by atoms with Crippen LogP contribution in [0.5, 0.6) is 5.75 Å². The van der Waals surface area contributed by atoms with E-state index in [2.05, 4.69) is 10.3 Å². The van der Waals surface area contributed by atoms with Crippen molar-refractivity contribution in [2.75, 3.05) is 19.0 Å². The predicted octanol–water partition coefficient (Wildman–Crippen LogP) is 3.96. The lowest BCUT2D eigenvalue weighted by molar-refractivity contribution is -0.142. The molecule has 1 aromatic heterocycles. The lowest BCUT2D eigenvalue weighted by atomic mass is 10.2. The summed E-state index contributed by atoms with van der Waals surface area (Å²) in [5.41, 5.74) is -0.421. The van der Waals surface area contributed by atoms with Crippen LogP contribution in [-0.2, 0) is 20.5 Å². The molecule has 0 radical (unpaired) electrons. The lowest BCUT2D eigenvalue weighted by Gasteiger charge is -2.10. The largest absolute Gasteiger partial charge is 0.496 e. The number of carbonyl (C=O) groups excluding carboxylic acids is 2. The van der Waals surface area contributed by atoms with E-state index in [9.17, 15) is 22.8 Å². The molecule has 28 heavy (non-hydrogen) atoms. The van der Waals surface area contributed by atoms with Crippen LogP contribution in [0.2, 0.25) is 5.02 Å². The first-order valence-corrected chi connectivity index (χ1v) is 8.09. The molecule has 0 aliphatic heterocycles. The Hall–Kier alpha value is -3.07. The molecule has 10 heteroatoms. The highest BCUT2D eigenvalue weighted by atomic mass is 35.5. The number of amides is 1. The fraction of sp³-hybridized carbons (Fsp3) is 0.167. The maximum Gasteiger partial charge on any atom is 0.417 e. The molecule has 0 atom stereocenters. The third-order valence-electron chi connectivity index (χ3n) is 3.31. The summed E-state index contributed by atoms with van der Waals surface area (Å²) in [6.07, 6.45) is -1.52. The zero-order valence-corrected chi connectivity index (χ0v) is 15.2. The minimum atomic E-state index is -4.61. The number of rotatable bonds is 6. The number of hydrogen-bond acceptors (Lipinski definition) is 5. The van der Waals surface area contributed by atoms with Crippen molar-refractivity contribution in [3.8, 4) is 5.75 Å². The van der Waals surface area contributed by atoms with Crippen LogP contribution in [-0.4, -0.2) is 30.6 Å². The molecule has 0 fully saturated rings. The summed E-state index contributed by atoms with van der Waals surface area (Å²) in [6, 6.07) is 7.57. The van der Waals surface area contributed by atoms with Crippen molar-refractivity contribution in [1.82, 2.24) is 4.98 Å². The van der Waals surface area contributed by atoms with E-state index in [0.717, 1.165) is 6.08 Å². The van der Waals surface area contributed by atoms with Crippen LogP contribution >= 0.6 is 11.6 Å². The third kappa shape index (κ3) is 5.98. The average molecular weight is 415 g/mol. The lowest BCUT2D eigenvalue weighted by Crippen LogP contribution is -2.21. The molecule has 0 saturated carbocycles. The van der Waals surface area contributed by atoms with Gasteiger partial charge in [0.05, 0.1) is 17.7 Å². The van der Waals surface area contributed by atoms with Gasteiger partial charge in [0.2, 0.25) is 0 Å². The number of pyridine rings is 1. The van der Waals surface area contributed by atoms with Gasteiger partial charge in [-0.3, -0.25) is 4.79 Å². The van der Waals surface area contributed by atoms with Crippen LogP contribution in [0.1, 0.15) is 11.1 Å². The highest BCUT2D eigenvalue weighted by molar-refractivity contribution is 6.33. The number of aromatic nitrogens is 1. The summed E-state index contributed by atoms with van der Waals surface area (Å²) in [4.78, 5) is 26.9. The van der Waals surface area contributed by atoms with Crippen molar-refractivity contribution < 1.29 is 32.2 Å². The van der Waals surface area contributed by atoms with Crippen molar-refractivity contribution >= 4 is 35.4 Å². The number of hydrogen-bond donors (Lipinski definition) is 1. The number of carbonyl (C=O) groups is 2. The molecular formula is C18H14ClF3N2O4. The van der Waals surface area contributed by atoms with E-state index in [1.165, 1.54) is 13.2 Å². The second-order valence-electron chi connectivity index (χ2n) is 5.28. The first-order valence-electron chi connectivity index (χ1n) is 7.71. The number of para-hydroxylation sites is 1. The molecule has 0 saturated heterocycles. The van der Waals surface area contributed by atoms with Crippen LogP contribution in [0.25, 0.3) is 6.08 Å². The number of nitrogens with zero attached hydrogens (tertiary/aromatic N) is 1. The van der Waals surface area contributed by atoms with Crippen LogP contribution in [0, 0.1) is 0 Å². The number of halogens is 4. The van der Waals surface area contributed by atoms with Crippen molar-refractivity contribution in [3.05, 3.63) is 58.8 Å². The van der Waals surface area contributed by atoms with E-state index in [1.54, 1.807) is 24.3 Å². The molecule has 1 heterocycles. The Morgan fingerprint density at radius 3 is 2.64 bits per heavy atom. The zero-order valence-electron chi connectivity index (χ0n) is 14.4. The topological polar surface area (TPSA) is 77.5 Å². The minimum Gasteiger partial charge on any atom is -0.496 e. The second-order valence-corrected chi connectivity index (χ2v) is 5.69. The highest BCUT2D eigenvalue weighted by Gasteiger charge is 2.31. The summed E-state index contributed by atoms with van der Waals surface area (Å²) in [5.74, 6) is -1.34. The summed E-state index contributed by atoms with van der Waals surface area (Å²) >= 11 is 5.68. The fourth-order valence-corrected chi connectivity index (χ4v) is 2.21. The number of ether oxygens (including phenoxy) is 2. The first kappa shape index (κ1) is 21.2. The molecule has 0 bridgehead atoms. The van der Waals surface area contributed by atoms with Crippen molar-refractivity contribution in [2.24, 2.45) is 0 Å². The third-order valence-corrected chi connectivity index (χ3v) is 3.60. The Labute approximate surface area is 162 Å². The van der Waals surface area contributed by atoms with Crippen LogP contribution in [0.3, 0.4) is 0 Å². The SMILES string of the molecule is COc1ccccc1/C=C/C(=O)OCC(=O)Nc1ncc(C(F)(F)F)cc1Cl.